The largest absolute Gasteiger partial charge is 0.462 e. The Hall–Kier alpha value is -3.67. The van der Waals surface area contributed by atoms with E-state index in [1.54, 1.807) is 55.6 Å². The molecule has 0 unspecified atom stereocenters. The molecule has 0 saturated carbocycles. The Kier molecular flexibility index (Phi) is 6.01. The van der Waals surface area contributed by atoms with Crippen molar-refractivity contribution in [2.45, 2.75) is 13.8 Å². The number of carbonyl (C=O) groups is 2. The van der Waals surface area contributed by atoms with Crippen molar-refractivity contribution >= 4 is 29.1 Å². The second kappa shape index (κ2) is 8.81. The zero-order valence-corrected chi connectivity index (χ0v) is 15.7. The van der Waals surface area contributed by atoms with E-state index < -0.39 is 0 Å². The Labute approximate surface area is 163 Å². The molecule has 0 radical (unpaired) electrons. The summed E-state index contributed by atoms with van der Waals surface area (Å²) in [5.74, 6) is -0.0825. The molecule has 142 valence electrons. The molecular formula is C22H21N3O3. The summed E-state index contributed by atoms with van der Waals surface area (Å²) in [5, 5.41) is 5.96. The maximum absolute atomic E-state index is 12.2. The fourth-order valence-corrected chi connectivity index (χ4v) is 2.51. The molecule has 0 spiro atoms. The average Bonchev–Trinajstić information content (AvgIpc) is 2.70. The molecule has 3 aromatic rings. The summed E-state index contributed by atoms with van der Waals surface area (Å²) in [6.07, 6.45) is 1.63. The predicted octanol–water partition coefficient (Wildman–Crippen LogP) is 4.56. The molecule has 0 aliphatic heterocycles. The summed E-state index contributed by atoms with van der Waals surface area (Å²) in [6, 6.07) is 17.9. The zero-order chi connectivity index (χ0) is 19.9. The first-order valence-corrected chi connectivity index (χ1v) is 8.93. The second-order valence-electron chi connectivity index (χ2n) is 6.18. The highest BCUT2D eigenvalue weighted by atomic mass is 16.5. The average molecular weight is 375 g/mol. The van der Waals surface area contributed by atoms with Gasteiger partial charge in [-0.1, -0.05) is 17.7 Å². The molecule has 6 heteroatoms. The molecular weight excluding hydrogens is 354 g/mol. The molecule has 6 nitrogen and oxygen atoms in total. The number of amides is 1. The highest BCUT2D eigenvalue weighted by Crippen LogP contribution is 2.18. The van der Waals surface area contributed by atoms with E-state index in [2.05, 4.69) is 15.6 Å². The van der Waals surface area contributed by atoms with Gasteiger partial charge >= 0.3 is 5.97 Å². The molecule has 0 fully saturated rings. The van der Waals surface area contributed by atoms with Gasteiger partial charge in [0, 0.05) is 11.3 Å². The molecule has 0 aliphatic carbocycles. The van der Waals surface area contributed by atoms with Crippen LogP contribution in [0.5, 0.6) is 0 Å². The van der Waals surface area contributed by atoms with Crippen LogP contribution in [0, 0.1) is 6.92 Å². The highest BCUT2D eigenvalue weighted by molar-refractivity contribution is 6.03. The standard InChI is InChI=1S/C22H21N3O3/c1-3-28-22(27)17-8-10-18(11-9-17)24-19-12-13-20(23-14-19)25-21(26)16-6-4-15(2)5-7-16/h4-14,24H,3H2,1-2H3,(H,23,25,26). The van der Waals surface area contributed by atoms with Crippen LogP contribution in [0.4, 0.5) is 17.2 Å². The van der Waals surface area contributed by atoms with Crippen molar-refractivity contribution in [2.75, 3.05) is 17.2 Å². The number of aromatic nitrogens is 1. The van der Waals surface area contributed by atoms with Gasteiger partial charge in [0.1, 0.15) is 5.82 Å². The van der Waals surface area contributed by atoms with E-state index in [9.17, 15) is 9.59 Å². The third kappa shape index (κ3) is 4.94. The number of ether oxygens (including phenoxy) is 1. The first-order valence-electron chi connectivity index (χ1n) is 8.93. The Morgan fingerprint density at radius 1 is 0.893 bits per heavy atom. The van der Waals surface area contributed by atoms with Crippen LogP contribution in [0.3, 0.4) is 0 Å². The monoisotopic (exact) mass is 375 g/mol. The molecule has 0 bridgehead atoms. The number of esters is 1. The number of benzene rings is 2. The summed E-state index contributed by atoms with van der Waals surface area (Å²) in [5.41, 5.74) is 3.75. The second-order valence-corrected chi connectivity index (χ2v) is 6.18. The summed E-state index contributed by atoms with van der Waals surface area (Å²) in [6.45, 7) is 4.09. The van der Waals surface area contributed by atoms with Gasteiger partial charge in [-0.25, -0.2) is 9.78 Å². The van der Waals surface area contributed by atoms with Crippen molar-refractivity contribution in [3.8, 4) is 0 Å². The zero-order valence-electron chi connectivity index (χ0n) is 15.7. The number of nitrogens with zero attached hydrogens (tertiary/aromatic N) is 1. The lowest BCUT2D eigenvalue weighted by molar-refractivity contribution is 0.0526. The normalized spacial score (nSPS) is 10.2. The van der Waals surface area contributed by atoms with Gasteiger partial charge in [-0.2, -0.15) is 0 Å². The van der Waals surface area contributed by atoms with Crippen molar-refractivity contribution in [1.29, 1.82) is 0 Å². The number of aryl methyl sites for hydroxylation is 1. The van der Waals surface area contributed by atoms with Crippen LogP contribution in [0.2, 0.25) is 0 Å². The fourth-order valence-electron chi connectivity index (χ4n) is 2.51. The van der Waals surface area contributed by atoms with E-state index in [4.69, 9.17) is 4.74 Å². The number of rotatable bonds is 6. The number of carbonyl (C=O) groups excluding carboxylic acids is 2. The van der Waals surface area contributed by atoms with Gasteiger partial charge in [-0.05, 0) is 62.4 Å². The molecule has 2 aromatic carbocycles. The SMILES string of the molecule is CCOC(=O)c1ccc(Nc2ccc(NC(=O)c3ccc(C)cc3)nc2)cc1. The quantitative estimate of drug-likeness (QED) is 0.617. The van der Waals surface area contributed by atoms with Crippen molar-refractivity contribution in [2.24, 2.45) is 0 Å². The lowest BCUT2D eigenvalue weighted by atomic mass is 10.1. The van der Waals surface area contributed by atoms with Crippen LogP contribution < -0.4 is 10.6 Å². The van der Waals surface area contributed by atoms with Crippen LogP contribution in [-0.2, 0) is 4.74 Å². The third-order valence-electron chi connectivity index (χ3n) is 4.00. The molecule has 0 saturated heterocycles. The van der Waals surface area contributed by atoms with Crippen molar-refractivity contribution in [3.05, 3.63) is 83.6 Å². The fraction of sp³-hybridized carbons (Fsp3) is 0.136. The van der Waals surface area contributed by atoms with E-state index in [0.29, 0.717) is 23.6 Å². The van der Waals surface area contributed by atoms with Gasteiger partial charge < -0.3 is 15.4 Å². The number of hydrogen-bond acceptors (Lipinski definition) is 5. The summed E-state index contributed by atoms with van der Waals surface area (Å²) >= 11 is 0. The molecule has 3 rings (SSSR count). The van der Waals surface area contributed by atoms with Crippen LogP contribution in [0.15, 0.2) is 66.9 Å². The minimum absolute atomic E-state index is 0.206. The van der Waals surface area contributed by atoms with Gasteiger partial charge in [-0.3, -0.25) is 4.79 Å². The van der Waals surface area contributed by atoms with E-state index in [1.807, 2.05) is 25.1 Å². The van der Waals surface area contributed by atoms with Crippen LogP contribution in [0.1, 0.15) is 33.2 Å². The molecule has 0 aliphatic rings. The van der Waals surface area contributed by atoms with Crippen LogP contribution >= 0.6 is 0 Å². The number of nitrogens with one attached hydrogen (secondary N) is 2. The van der Waals surface area contributed by atoms with Gasteiger partial charge in [0.05, 0.1) is 24.1 Å². The van der Waals surface area contributed by atoms with Crippen molar-refractivity contribution in [3.63, 3.8) is 0 Å². The minimum atomic E-state index is -0.343. The number of anilines is 3. The van der Waals surface area contributed by atoms with Crippen LogP contribution in [-0.4, -0.2) is 23.5 Å². The Bertz CT molecular complexity index is 950. The maximum atomic E-state index is 12.2. The first kappa shape index (κ1) is 19.1. The van der Waals surface area contributed by atoms with Crippen LogP contribution in [0.25, 0.3) is 0 Å². The molecule has 28 heavy (non-hydrogen) atoms. The number of hydrogen-bond donors (Lipinski definition) is 2. The Balaban J connectivity index is 1.60. The van der Waals surface area contributed by atoms with Gasteiger partial charge in [0.25, 0.3) is 5.91 Å². The predicted molar refractivity (Wildman–Crippen MR) is 109 cm³/mol. The summed E-state index contributed by atoms with van der Waals surface area (Å²) in [7, 11) is 0. The maximum Gasteiger partial charge on any atom is 0.338 e. The molecule has 1 aromatic heterocycles. The summed E-state index contributed by atoms with van der Waals surface area (Å²) < 4.78 is 4.96. The van der Waals surface area contributed by atoms with Crippen molar-refractivity contribution in [1.82, 2.24) is 4.98 Å². The van der Waals surface area contributed by atoms with E-state index in [1.165, 1.54) is 0 Å². The van der Waals surface area contributed by atoms with Gasteiger partial charge in [-0.15, -0.1) is 0 Å². The third-order valence-corrected chi connectivity index (χ3v) is 4.00. The Morgan fingerprint density at radius 2 is 1.54 bits per heavy atom. The lowest BCUT2D eigenvalue weighted by Crippen LogP contribution is -2.12. The number of pyridine rings is 1. The topological polar surface area (TPSA) is 80.3 Å². The molecule has 0 atom stereocenters. The van der Waals surface area contributed by atoms with Gasteiger partial charge in [0.15, 0.2) is 0 Å². The Morgan fingerprint density at radius 3 is 2.14 bits per heavy atom. The molecule has 2 N–H and O–H groups in total. The smallest absolute Gasteiger partial charge is 0.338 e. The van der Waals surface area contributed by atoms with E-state index in [0.717, 1.165) is 16.9 Å². The minimum Gasteiger partial charge on any atom is -0.462 e. The molecule has 1 heterocycles. The molecule has 1 amide bonds. The van der Waals surface area contributed by atoms with E-state index >= 15 is 0 Å². The van der Waals surface area contributed by atoms with Crippen molar-refractivity contribution < 1.29 is 14.3 Å². The first-order chi connectivity index (χ1) is 13.5. The summed E-state index contributed by atoms with van der Waals surface area (Å²) in [4.78, 5) is 28.2. The van der Waals surface area contributed by atoms with Gasteiger partial charge in [0.2, 0.25) is 0 Å². The van der Waals surface area contributed by atoms with E-state index in [-0.39, 0.29) is 11.9 Å². The lowest BCUT2D eigenvalue weighted by Gasteiger charge is -2.09. The highest BCUT2D eigenvalue weighted by Gasteiger charge is 2.07.